The monoisotopic (exact) mass is 274 g/mol. The largest absolute Gasteiger partial charge is 0.304 e. The molecule has 2 atom stereocenters. The Balaban J connectivity index is 2.08. The highest BCUT2D eigenvalue weighted by molar-refractivity contribution is 6.29. The molecular weight excluding hydrogens is 256 g/mol. The minimum atomic E-state index is 0.236. The maximum Gasteiger partial charge on any atom is 0.129 e. The third-order valence-electron chi connectivity index (χ3n) is 3.41. The molecule has 0 aliphatic carbocycles. The van der Waals surface area contributed by atoms with Gasteiger partial charge in [-0.2, -0.15) is 0 Å². The number of pyridine rings is 1. The van der Waals surface area contributed by atoms with Crippen LogP contribution in [0.2, 0.25) is 5.15 Å². The highest BCUT2D eigenvalue weighted by atomic mass is 35.5. The molecule has 2 rings (SSSR count). The lowest BCUT2D eigenvalue weighted by Gasteiger charge is -2.22. The summed E-state index contributed by atoms with van der Waals surface area (Å²) in [5, 5.41) is 4.12. The number of hydrogen-bond donors (Lipinski definition) is 1. The molecule has 0 fully saturated rings. The Hall–Kier alpha value is -1.38. The van der Waals surface area contributed by atoms with E-state index in [-0.39, 0.29) is 6.04 Å². The number of hydrogen-bond acceptors (Lipinski definition) is 2. The SMILES string of the molecule is Cc1ccccc1[C@H](C)N[C@H](C)c1ccc(Cl)nc1. The van der Waals surface area contributed by atoms with E-state index in [1.165, 1.54) is 11.1 Å². The second kappa shape index (κ2) is 6.18. The average molecular weight is 275 g/mol. The molecule has 0 bridgehead atoms. The number of rotatable bonds is 4. The van der Waals surface area contributed by atoms with Crippen LogP contribution in [0.5, 0.6) is 0 Å². The van der Waals surface area contributed by atoms with Gasteiger partial charge in [0, 0.05) is 18.3 Å². The zero-order valence-corrected chi connectivity index (χ0v) is 12.3. The van der Waals surface area contributed by atoms with Crippen molar-refractivity contribution in [3.8, 4) is 0 Å². The van der Waals surface area contributed by atoms with Gasteiger partial charge in [0.15, 0.2) is 0 Å². The lowest BCUT2D eigenvalue weighted by Crippen LogP contribution is -2.23. The first-order valence-electron chi connectivity index (χ1n) is 6.51. The van der Waals surface area contributed by atoms with Crippen LogP contribution in [0.15, 0.2) is 42.6 Å². The number of aromatic nitrogens is 1. The zero-order valence-electron chi connectivity index (χ0n) is 11.5. The molecule has 3 heteroatoms. The number of nitrogens with zero attached hydrogens (tertiary/aromatic N) is 1. The summed E-state index contributed by atoms with van der Waals surface area (Å²) in [4.78, 5) is 4.12. The molecule has 0 aliphatic heterocycles. The van der Waals surface area contributed by atoms with Crippen LogP contribution in [-0.4, -0.2) is 4.98 Å². The smallest absolute Gasteiger partial charge is 0.129 e. The Bertz CT molecular complexity index is 537. The predicted molar refractivity (Wildman–Crippen MR) is 80.4 cm³/mol. The van der Waals surface area contributed by atoms with Gasteiger partial charge in [-0.3, -0.25) is 0 Å². The molecule has 0 saturated carbocycles. The molecule has 1 N–H and O–H groups in total. The van der Waals surface area contributed by atoms with Gasteiger partial charge < -0.3 is 5.32 Å². The normalized spacial score (nSPS) is 14.1. The Labute approximate surface area is 119 Å². The summed E-state index contributed by atoms with van der Waals surface area (Å²) in [6.07, 6.45) is 1.82. The van der Waals surface area contributed by atoms with Crippen LogP contribution >= 0.6 is 11.6 Å². The minimum Gasteiger partial charge on any atom is -0.304 e. The van der Waals surface area contributed by atoms with Gasteiger partial charge in [0.1, 0.15) is 5.15 Å². The topological polar surface area (TPSA) is 24.9 Å². The molecule has 0 radical (unpaired) electrons. The number of halogens is 1. The van der Waals surface area contributed by atoms with Gasteiger partial charge in [0.2, 0.25) is 0 Å². The van der Waals surface area contributed by atoms with Crippen LogP contribution in [0, 0.1) is 6.92 Å². The van der Waals surface area contributed by atoms with Crippen molar-refractivity contribution in [1.82, 2.24) is 10.3 Å². The van der Waals surface area contributed by atoms with Crippen molar-refractivity contribution in [2.24, 2.45) is 0 Å². The first kappa shape index (κ1) is 14.0. The molecule has 100 valence electrons. The van der Waals surface area contributed by atoms with E-state index in [9.17, 15) is 0 Å². The summed E-state index contributed by atoms with van der Waals surface area (Å²) >= 11 is 5.81. The molecule has 0 amide bonds. The maximum absolute atomic E-state index is 5.81. The number of aryl methyl sites for hydroxylation is 1. The molecule has 2 nitrogen and oxygen atoms in total. The second-order valence-corrected chi connectivity index (χ2v) is 5.27. The Morgan fingerprint density at radius 3 is 2.42 bits per heavy atom. The first-order valence-corrected chi connectivity index (χ1v) is 6.88. The van der Waals surface area contributed by atoms with E-state index >= 15 is 0 Å². The Kier molecular flexibility index (Phi) is 4.56. The zero-order chi connectivity index (χ0) is 13.8. The van der Waals surface area contributed by atoms with Gasteiger partial charge in [0.05, 0.1) is 0 Å². The summed E-state index contributed by atoms with van der Waals surface area (Å²) in [7, 11) is 0. The van der Waals surface area contributed by atoms with Gasteiger partial charge in [0.25, 0.3) is 0 Å². The predicted octanol–water partition coefficient (Wildman–Crippen LogP) is 4.46. The van der Waals surface area contributed by atoms with E-state index in [4.69, 9.17) is 11.6 Å². The van der Waals surface area contributed by atoms with Crippen molar-refractivity contribution in [2.45, 2.75) is 32.9 Å². The van der Waals surface area contributed by atoms with Gasteiger partial charge in [-0.25, -0.2) is 4.98 Å². The van der Waals surface area contributed by atoms with E-state index in [0.717, 1.165) is 5.56 Å². The van der Waals surface area contributed by atoms with Crippen molar-refractivity contribution in [1.29, 1.82) is 0 Å². The fraction of sp³-hybridized carbons (Fsp3) is 0.312. The summed E-state index contributed by atoms with van der Waals surface area (Å²) in [6.45, 7) is 6.46. The average Bonchev–Trinajstić information content (AvgIpc) is 2.39. The third-order valence-corrected chi connectivity index (χ3v) is 3.63. The van der Waals surface area contributed by atoms with Crippen molar-refractivity contribution in [2.75, 3.05) is 0 Å². The van der Waals surface area contributed by atoms with Gasteiger partial charge >= 0.3 is 0 Å². The maximum atomic E-state index is 5.81. The van der Waals surface area contributed by atoms with E-state index in [2.05, 4.69) is 55.3 Å². The second-order valence-electron chi connectivity index (χ2n) is 4.88. The molecule has 1 aromatic carbocycles. The van der Waals surface area contributed by atoms with Crippen molar-refractivity contribution in [3.05, 3.63) is 64.4 Å². The highest BCUT2D eigenvalue weighted by Gasteiger charge is 2.12. The van der Waals surface area contributed by atoms with Crippen molar-refractivity contribution < 1.29 is 0 Å². The fourth-order valence-corrected chi connectivity index (χ4v) is 2.39. The van der Waals surface area contributed by atoms with E-state index in [1.54, 1.807) is 0 Å². The van der Waals surface area contributed by atoms with Crippen LogP contribution in [0.25, 0.3) is 0 Å². The van der Waals surface area contributed by atoms with Gasteiger partial charge in [-0.05, 0) is 43.5 Å². The molecule has 0 saturated heterocycles. The van der Waals surface area contributed by atoms with E-state index in [1.807, 2.05) is 18.3 Å². The lowest BCUT2D eigenvalue weighted by atomic mass is 10.0. The van der Waals surface area contributed by atoms with Crippen molar-refractivity contribution >= 4 is 11.6 Å². The molecule has 2 aromatic rings. The van der Waals surface area contributed by atoms with Crippen molar-refractivity contribution in [3.63, 3.8) is 0 Å². The van der Waals surface area contributed by atoms with Crippen LogP contribution in [0.3, 0.4) is 0 Å². The summed E-state index contributed by atoms with van der Waals surface area (Å²) in [5.41, 5.74) is 3.78. The lowest BCUT2D eigenvalue weighted by molar-refractivity contribution is 0.492. The number of nitrogens with one attached hydrogen (secondary N) is 1. The van der Waals surface area contributed by atoms with E-state index < -0.39 is 0 Å². The van der Waals surface area contributed by atoms with Crippen LogP contribution in [-0.2, 0) is 0 Å². The van der Waals surface area contributed by atoms with Crippen LogP contribution in [0.1, 0.15) is 42.6 Å². The summed E-state index contributed by atoms with van der Waals surface area (Å²) < 4.78 is 0. The van der Waals surface area contributed by atoms with Gasteiger partial charge in [-0.15, -0.1) is 0 Å². The Morgan fingerprint density at radius 1 is 1.05 bits per heavy atom. The molecule has 1 aromatic heterocycles. The molecule has 19 heavy (non-hydrogen) atoms. The summed E-state index contributed by atoms with van der Waals surface area (Å²) in [6, 6.07) is 12.8. The minimum absolute atomic E-state index is 0.236. The molecular formula is C16H19ClN2. The third kappa shape index (κ3) is 3.55. The van der Waals surface area contributed by atoms with E-state index in [0.29, 0.717) is 11.2 Å². The van der Waals surface area contributed by atoms with Crippen LogP contribution in [0.4, 0.5) is 0 Å². The number of benzene rings is 1. The standard InChI is InChI=1S/C16H19ClN2/c1-11-6-4-5-7-15(11)13(3)19-12(2)14-8-9-16(17)18-10-14/h4-10,12-13,19H,1-3H3/t12-,13+/m1/s1. The highest BCUT2D eigenvalue weighted by Crippen LogP contribution is 2.21. The Morgan fingerprint density at radius 2 is 1.79 bits per heavy atom. The quantitative estimate of drug-likeness (QED) is 0.833. The molecule has 0 unspecified atom stereocenters. The first-order chi connectivity index (χ1) is 9.08. The fourth-order valence-electron chi connectivity index (χ4n) is 2.28. The molecule has 1 heterocycles. The van der Waals surface area contributed by atoms with Gasteiger partial charge in [-0.1, -0.05) is 41.9 Å². The molecule has 0 spiro atoms. The van der Waals surface area contributed by atoms with Crippen LogP contribution < -0.4 is 5.32 Å². The summed E-state index contributed by atoms with van der Waals surface area (Å²) in [5.74, 6) is 0. The molecule has 0 aliphatic rings.